The van der Waals surface area contributed by atoms with Gasteiger partial charge in [-0.05, 0) is 54.8 Å². The Morgan fingerprint density at radius 1 is 1.06 bits per heavy atom. The molecule has 6 nitrogen and oxygen atoms in total. The van der Waals surface area contributed by atoms with Crippen LogP contribution in [0.25, 0.3) is 21.7 Å². The van der Waals surface area contributed by atoms with Crippen molar-refractivity contribution in [3.05, 3.63) is 98.0 Å². The lowest BCUT2D eigenvalue weighted by atomic mass is 10.0. The number of nitrogens with zero attached hydrogens (tertiary/aromatic N) is 3. The number of aromatic nitrogens is 1. The van der Waals surface area contributed by atoms with Crippen LogP contribution < -0.4 is 5.43 Å². The Hall–Kier alpha value is -3.36. The van der Waals surface area contributed by atoms with Crippen LogP contribution in [0, 0.1) is 24.0 Å². The van der Waals surface area contributed by atoms with E-state index in [0.29, 0.717) is 5.13 Å². The summed E-state index contributed by atoms with van der Waals surface area (Å²) in [7, 11) is 0. The molecule has 32 heavy (non-hydrogen) atoms. The number of benzene rings is 3. The number of hydrazone groups is 1. The molecular formula is C24H19BrN4O2S. The molecule has 0 saturated heterocycles. The van der Waals surface area contributed by atoms with E-state index in [4.69, 9.17) is 4.98 Å². The molecule has 0 spiro atoms. The van der Waals surface area contributed by atoms with Crippen molar-refractivity contribution in [2.45, 2.75) is 13.8 Å². The van der Waals surface area contributed by atoms with E-state index in [2.05, 4.69) is 58.5 Å². The Balaban J connectivity index is 1.70. The Kier molecular flexibility index (Phi) is 6.43. The van der Waals surface area contributed by atoms with Crippen molar-refractivity contribution in [1.29, 1.82) is 0 Å². The van der Waals surface area contributed by atoms with E-state index < -0.39 is 4.92 Å². The maximum absolute atomic E-state index is 11.0. The summed E-state index contributed by atoms with van der Waals surface area (Å²) in [6.07, 6.45) is 1.73. The van der Waals surface area contributed by atoms with Gasteiger partial charge in [0.2, 0.25) is 5.13 Å². The summed E-state index contributed by atoms with van der Waals surface area (Å²) >= 11 is 4.88. The molecule has 160 valence electrons. The Labute approximate surface area is 197 Å². The van der Waals surface area contributed by atoms with E-state index in [1.165, 1.54) is 29.0 Å². The summed E-state index contributed by atoms with van der Waals surface area (Å²) in [6, 6.07) is 20.6. The van der Waals surface area contributed by atoms with E-state index in [9.17, 15) is 10.1 Å². The van der Waals surface area contributed by atoms with Crippen LogP contribution in [-0.4, -0.2) is 16.1 Å². The second kappa shape index (κ2) is 9.42. The minimum atomic E-state index is -0.398. The average Bonchev–Trinajstić information content (AvgIpc) is 3.19. The van der Waals surface area contributed by atoms with E-state index in [1.54, 1.807) is 18.3 Å². The predicted molar refractivity (Wildman–Crippen MR) is 134 cm³/mol. The van der Waals surface area contributed by atoms with E-state index in [1.807, 2.05) is 24.3 Å². The fraction of sp³-hybridized carbons (Fsp3) is 0.0833. The SMILES string of the molecule is Cc1ccc(-c2nc(N/N=C\c3ccc(Br)cc3)sc2-c2ccc([N+](=O)[O-])cc2)c(C)c1. The molecule has 0 fully saturated rings. The predicted octanol–water partition coefficient (Wildman–Crippen LogP) is 7.21. The second-order valence-corrected chi connectivity index (χ2v) is 9.16. The molecule has 0 saturated carbocycles. The molecular weight excluding hydrogens is 488 g/mol. The van der Waals surface area contributed by atoms with Crippen LogP contribution in [0.1, 0.15) is 16.7 Å². The Morgan fingerprint density at radius 2 is 1.78 bits per heavy atom. The summed E-state index contributed by atoms with van der Waals surface area (Å²) in [5.74, 6) is 0. The third-order valence-electron chi connectivity index (χ3n) is 4.85. The molecule has 0 atom stereocenters. The van der Waals surface area contributed by atoms with Gasteiger partial charge in [-0.1, -0.05) is 63.2 Å². The summed E-state index contributed by atoms with van der Waals surface area (Å²) in [6.45, 7) is 4.11. The first-order valence-electron chi connectivity index (χ1n) is 9.78. The average molecular weight is 507 g/mol. The molecule has 4 aromatic rings. The van der Waals surface area contributed by atoms with Gasteiger partial charge in [0.1, 0.15) is 0 Å². The molecule has 4 rings (SSSR count). The number of thiazole rings is 1. The van der Waals surface area contributed by atoms with Crippen molar-refractivity contribution in [1.82, 2.24) is 4.98 Å². The fourth-order valence-electron chi connectivity index (χ4n) is 3.27. The van der Waals surface area contributed by atoms with Crippen molar-refractivity contribution < 1.29 is 4.92 Å². The Morgan fingerprint density at radius 3 is 2.44 bits per heavy atom. The minimum absolute atomic E-state index is 0.0591. The molecule has 1 heterocycles. The zero-order valence-corrected chi connectivity index (χ0v) is 19.8. The number of hydrogen-bond acceptors (Lipinski definition) is 6. The van der Waals surface area contributed by atoms with Crippen LogP contribution in [0.2, 0.25) is 0 Å². The third kappa shape index (κ3) is 4.92. The maximum atomic E-state index is 11.0. The first-order chi connectivity index (χ1) is 15.4. The minimum Gasteiger partial charge on any atom is -0.258 e. The van der Waals surface area contributed by atoms with Gasteiger partial charge in [-0.3, -0.25) is 15.5 Å². The fourth-order valence-corrected chi connectivity index (χ4v) is 4.47. The number of non-ortho nitro benzene ring substituents is 1. The number of anilines is 1. The summed E-state index contributed by atoms with van der Waals surface area (Å²) in [5, 5.41) is 16.0. The third-order valence-corrected chi connectivity index (χ3v) is 6.39. The summed E-state index contributed by atoms with van der Waals surface area (Å²) < 4.78 is 1.01. The van der Waals surface area contributed by atoms with Crippen molar-refractivity contribution in [3.63, 3.8) is 0 Å². The first-order valence-corrected chi connectivity index (χ1v) is 11.4. The van der Waals surface area contributed by atoms with Crippen LogP contribution in [0.5, 0.6) is 0 Å². The normalized spacial score (nSPS) is 11.1. The van der Waals surface area contributed by atoms with Crippen molar-refractivity contribution in [3.8, 4) is 21.7 Å². The van der Waals surface area contributed by atoms with Crippen LogP contribution >= 0.6 is 27.3 Å². The molecule has 1 aromatic heterocycles. The van der Waals surface area contributed by atoms with E-state index in [-0.39, 0.29) is 5.69 Å². The largest absolute Gasteiger partial charge is 0.269 e. The van der Waals surface area contributed by atoms with Gasteiger partial charge >= 0.3 is 0 Å². The highest BCUT2D eigenvalue weighted by atomic mass is 79.9. The molecule has 0 aliphatic carbocycles. The van der Waals surface area contributed by atoms with Crippen LogP contribution in [0.3, 0.4) is 0 Å². The quantitative estimate of drug-likeness (QED) is 0.170. The lowest BCUT2D eigenvalue weighted by molar-refractivity contribution is -0.384. The van der Waals surface area contributed by atoms with Crippen molar-refractivity contribution in [2.75, 3.05) is 5.43 Å². The number of rotatable bonds is 6. The molecule has 0 aliphatic heterocycles. The molecule has 0 radical (unpaired) electrons. The topological polar surface area (TPSA) is 80.4 Å². The molecule has 0 bridgehead atoms. The van der Waals surface area contributed by atoms with Crippen molar-refractivity contribution in [2.24, 2.45) is 5.10 Å². The molecule has 3 aromatic carbocycles. The molecule has 0 unspecified atom stereocenters. The van der Waals surface area contributed by atoms with Gasteiger partial charge in [-0.2, -0.15) is 5.10 Å². The monoisotopic (exact) mass is 506 g/mol. The first kappa shape index (κ1) is 21.9. The highest BCUT2D eigenvalue weighted by molar-refractivity contribution is 9.10. The van der Waals surface area contributed by atoms with Gasteiger partial charge in [0.15, 0.2) is 0 Å². The molecule has 8 heteroatoms. The number of nitrogens with one attached hydrogen (secondary N) is 1. The number of hydrogen-bond donors (Lipinski definition) is 1. The molecule has 1 N–H and O–H groups in total. The van der Waals surface area contributed by atoms with Crippen LogP contribution in [-0.2, 0) is 0 Å². The van der Waals surface area contributed by atoms with Crippen LogP contribution in [0.15, 0.2) is 76.3 Å². The van der Waals surface area contributed by atoms with E-state index >= 15 is 0 Å². The number of aryl methyl sites for hydroxylation is 2. The van der Waals surface area contributed by atoms with E-state index in [0.717, 1.165) is 37.3 Å². The number of nitro benzene ring substituents is 1. The zero-order chi connectivity index (χ0) is 22.7. The van der Waals surface area contributed by atoms with Gasteiger partial charge in [-0.25, -0.2) is 4.98 Å². The van der Waals surface area contributed by atoms with Gasteiger partial charge in [-0.15, -0.1) is 0 Å². The van der Waals surface area contributed by atoms with Crippen molar-refractivity contribution >= 4 is 44.3 Å². The summed E-state index contributed by atoms with van der Waals surface area (Å²) in [4.78, 5) is 16.4. The molecule has 0 aliphatic rings. The number of halogens is 1. The lowest BCUT2D eigenvalue weighted by Gasteiger charge is -2.07. The lowest BCUT2D eigenvalue weighted by Crippen LogP contribution is -1.91. The standard InChI is InChI=1S/C24H19BrN4O2S/c1-15-3-12-21(16(2)13-15)22-23(18-6-10-20(11-7-18)29(30)31)32-24(27-22)28-26-14-17-4-8-19(25)9-5-17/h3-14H,1-2H3,(H,27,28)/b26-14-. The number of nitro groups is 1. The van der Waals surface area contributed by atoms with Gasteiger partial charge in [0, 0.05) is 22.2 Å². The van der Waals surface area contributed by atoms with Gasteiger partial charge in [0.05, 0.1) is 21.7 Å². The van der Waals surface area contributed by atoms with Gasteiger partial charge < -0.3 is 0 Å². The Bertz CT molecular complexity index is 1300. The highest BCUT2D eigenvalue weighted by Crippen LogP contribution is 2.40. The second-order valence-electron chi connectivity index (χ2n) is 7.24. The maximum Gasteiger partial charge on any atom is 0.269 e. The zero-order valence-electron chi connectivity index (χ0n) is 17.4. The smallest absolute Gasteiger partial charge is 0.258 e. The summed E-state index contributed by atoms with van der Waals surface area (Å²) in [5.41, 5.74) is 9.05. The van der Waals surface area contributed by atoms with Gasteiger partial charge in [0.25, 0.3) is 5.69 Å². The van der Waals surface area contributed by atoms with Crippen LogP contribution in [0.4, 0.5) is 10.8 Å². The molecule has 0 amide bonds. The highest BCUT2D eigenvalue weighted by Gasteiger charge is 2.17.